The van der Waals surface area contributed by atoms with Gasteiger partial charge in [-0.25, -0.2) is 0 Å². The molecule has 216 valence electrons. The summed E-state index contributed by atoms with van der Waals surface area (Å²) in [5, 5.41) is 84.5. The lowest BCUT2D eigenvalue weighted by molar-refractivity contribution is -0.382. The molecule has 0 aliphatic carbocycles. The molecule has 3 heterocycles. The summed E-state index contributed by atoms with van der Waals surface area (Å²) in [5.74, 6) is -0.525. The molecule has 0 aromatic carbocycles. The van der Waals surface area contributed by atoms with E-state index in [1.54, 1.807) is 0 Å². The van der Waals surface area contributed by atoms with Crippen LogP contribution in [0.1, 0.15) is 13.8 Å². The topological polar surface area (TPSA) is 246 Å². The maximum absolute atomic E-state index is 11.7. The van der Waals surface area contributed by atoms with E-state index in [0.717, 1.165) is 0 Å². The summed E-state index contributed by atoms with van der Waals surface area (Å²) < 4.78 is 33.2. The molecular formula is C21H37NO15. The first-order valence-corrected chi connectivity index (χ1v) is 11.8. The first-order chi connectivity index (χ1) is 17.4. The normalized spacial score (nSPS) is 49.0. The van der Waals surface area contributed by atoms with Gasteiger partial charge >= 0.3 is 0 Å². The molecule has 6 unspecified atom stereocenters. The largest absolute Gasteiger partial charge is 0.394 e. The lowest BCUT2D eigenvalue weighted by atomic mass is 9.95. The Kier molecular flexibility index (Phi) is 10.6. The molecular weight excluding hydrogens is 506 g/mol. The quantitative estimate of drug-likeness (QED) is 0.138. The van der Waals surface area contributed by atoms with Gasteiger partial charge in [0.15, 0.2) is 18.9 Å². The summed E-state index contributed by atoms with van der Waals surface area (Å²) in [4.78, 5) is 11.7. The van der Waals surface area contributed by atoms with Gasteiger partial charge in [0.25, 0.3) is 0 Å². The van der Waals surface area contributed by atoms with Gasteiger partial charge in [0.1, 0.15) is 67.1 Å². The standard InChI is InChI=1S/C21H37NO15/c1-6-11(26)14(29)16(31)20(33-6)37-18-15(30)12(27)8(4-23)34-21(18)36-17-9(5-24)35-19(32-3)10(13(17)28)22-7(2)25/h6,8-21,23-24,26-31H,4-5H2,1-3H3,(H,22,25)/t6?,8?,9?,10-,11-,12-,13?,14?,15?,16-,17+,18-,19+,20+,21-/m0/s1. The molecule has 3 rings (SSSR count). The lowest BCUT2D eigenvalue weighted by Gasteiger charge is -2.49. The highest BCUT2D eigenvalue weighted by Crippen LogP contribution is 2.33. The molecule has 15 atom stereocenters. The molecule has 0 aromatic heterocycles. The Labute approximate surface area is 212 Å². The first kappa shape index (κ1) is 30.5. The fraction of sp³-hybridized carbons (Fsp3) is 0.952. The monoisotopic (exact) mass is 543 g/mol. The zero-order valence-corrected chi connectivity index (χ0v) is 20.5. The number of aliphatic hydroxyl groups is 8. The van der Waals surface area contributed by atoms with Gasteiger partial charge in [-0.05, 0) is 6.92 Å². The summed E-state index contributed by atoms with van der Waals surface area (Å²) >= 11 is 0. The Balaban J connectivity index is 1.87. The minimum atomic E-state index is -1.79. The third-order valence-electron chi connectivity index (χ3n) is 6.67. The summed E-state index contributed by atoms with van der Waals surface area (Å²) in [6.07, 6.45) is -21.0. The smallest absolute Gasteiger partial charge is 0.217 e. The van der Waals surface area contributed by atoms with Crippen LogP contribution in [-0.4, -0.2) is 159 Å². The molecule has 9 N–H and O–H groups in total. The molecule has 0 aromatic rings. The molecule has 0 bridgehead atoms. The number of hydrogen-bond acceptors (Lipinski definition) is 15. The molecule has 0 spiro atoms. The Morgan fingerprint density at radius 3 is 1.89 bits per heavy atom. The van der Waals surface area contributed by atoms with Gasteiger partial charge in [0.2, 0.25) is 5.91 Å². The van der Waals surface area contributed by atoms with Crippen molar-refractivity contribution in [1.82, 2.24) is 5.32 Å². The molecule has 1 amide bonds. The predicted molar refractivity (Wildman–Crippen MR) is 116 cm³/mol. The molecule has 3 saturated heterocycles. The second kappa shape index (κ2) is 12.8. The molecule has 37 heavy (non-hydrogen) atoms. The van der Waals surface area contributed by atoms with E-state index in [1.807, 2.05) is 0 Å². The van der Waals surface area contributed by atoms with Crippen LogP contribution in [0.25, 0.3) is 0 Å². The van der Waals surface area contributed by atoms with Gasteiger partial charge in [0.05, 0.1) is 19.3 Å². The van der Waals surface area contributed by atoms with Gasteiger partial charge in [-0.3, -0.25) is 4.79 Å². The highest BCUT2D eigenvalue weighted by Gasteiger charge is 2.53. The average molecular weight is 544 g/mol. The second-order valence-corrected chi connectivity index (χ2v) is 9.27. The highest BCUT2D eigenvalue weighted by molar-refractivity contribution is 5.73. The molecule has 3 fully saturated rings. The van der Waals surface area contributed by atoms with Gasteiger partial charge in [-0.15, -0.1) is 0 Å². The van der Waals surface area contributed by atoms with Crippen molar-refractivity contribution >= 4 is 5.91 Å². The van der Waals surface area contributed by atoms with Gasteiger partial charge in [0, 0.05) is 14.0 Å². The van der Waals surface area contributed by atoms with Crippen molar-refractivity contribution < 1.29 is 74.1 Å². The third-order valence-corrected chi connectivity index (χ3v) is 6.67. The Morgan fingerprint density at radius 1 is 0.730 bits per heavy atom. The summed E-state index contributed by atoms with van der Waals surface area (Å²) in [6, 6.07) is -1.15. The number of ether oxygens (including phenoxy) is 6. The molecule has 3 aliphatic rings. The Morgan fingerprint density at radius 2 is 1.32 bits per heavy atom. The summed E-state index contributed by atoms with van der Waals surface area (Å²) in [6.45, 7) is 1.19. The van der Waals surface area contributed by atoms with Crippen molar-refractivity contribution in [2.45, 2.75) is 106 Å². The maximum atomic E-state index is 11.7. The van der Waals surface area contributed by atoms with Crippen molar-refractivity contribution in [3.05, 3.63) is 0 Å². The van der Waals surface area contributed by atoms with Crippen LogP contribution in [0.3, 0.4) is 0 Å². The van der Waals surface area contributed by atoms with E-state index in [2.05, 4.69) is 5.32 Å². The van der Waals surface area contributed by atoms with Crippen LogP contribution in [0.15, 0.2) is 0 Å². The minimum absolute atomic E-state index is 0.525. The van der Waals surface area contributed by atoms with Crippen molar-refractivity contribution in [1.29, 1.82) is 0 Å². The Hall–Kier alpha value is -1.09. The third kappa shape index (κ3) is 6.39. The van der Waals surface area contributed by atoms with E-state index in [0.29, 0.717) is 0 Å². The van der Waals surface area contributed by atoms with Crippen molar-refractivity contribution in [3.63, 3.8) is 0 Å². The number of amides is 1. The van der Waals surface area contributed by atoms with E-state index in [-0.39, 0.29) is 0 Å². The number of carbonyl (C=O) groups excluding carboxylic acids is 1. The molecule has 3 aliphatic heterocycles. The average Bonchev–Trinajstić information content (AvgIpc) is 2.87. The summed E-state index contributed by atoms with van der Waals surface area (Å²) in [5.41, 5.74) is 0. The van der Waals surface area contributed by atoms with Gasteiger partial charge in [-0.2, -0.15) is 0 Å². The van der Waals surface area contributed by atoms with Crippen molar-refractivity contribution in [2.24, 2.45) is 0 Å². The van der Waals surface area contributed by atoms with Crippen LogP contribution in [0.4, 0.5) is 0 Å². The van der Waals surface area contributed by atoms with E-state index in [9.17, 15) is 45.6 Å². The SMILES string of the molecule is CO[C@@H]1OC(CO)[C@@H](O[C@@H]2OC(CO)[C@H](O)C(O)[C@@H]2O[C@H]2OC(C)[C@H](O)C(O)[C@@H]2O)C(O)[C@@H]1NC(C)=O. The number of carbonyl (C=O) groups is 1. The van der Waals surface area contributed by atoms with Crippen LogP contribution in [0, 0.1) is 0 Å². The van der Waals surface area contributed by atoms with E-state index in [4.69, 9.17) is 28.4 Å². The highest BCUT2D eigenvalue weighted by atomic mass is 16.8. The van der Waals surface area contributed by atoms with Crippen molar-refractivity contribution in [2.75, 3.05) is 20.3 Å². The fourth-order valence-corrected chi connectivity index (χ4v) is 4.57. The van der Waals surface area contributed by atoms with Crippen LogP contribution < -0.4 is 5.32 Å². The molecule has 16 nitrogen and oxygen atoms in total. The lowest BCUT2D eigenvalue weighted by Crippen LogP contribution is -2.68. The van der Waals surface area contributed by atoms with E-state index < -0.39 is 111 Å². The summed E-state index contributed by atoms with van der Waals surface area (Å²) in [7, 11) is 1.27. The van der Waals surface area contributed by atoms with Crippen LogP contribution in [0.2, 0.25) is 0 Å². The van der Waals surface area contributed by atoms with Gasteiger partial charge < -0.3 is 74.6 Å². The molecule has 0 saturated carbocycles. The van der Waals surface area contributed by atoms with Crippen molar-refractivity contribution in [3.8, 4) is 0 Å². The Bertz CT molecular complexity index is 747. The minimum Gasteiger partial charge on any atom is -0.394 e. The fourth-order valence-electron chi connectivity index (χ4n) is 4.57. The van der Waals surface area contributed by atoms with Crippen LogP contribution in [0.5, 0.6) is 0 Å². The molecule has 16 heteroatoms. The van der Waals surface area contributed by atoms with E-state index >= 15 is 0 Å². The van der Waals surface area contributed by atoms with Crippen LogP contribution >= 0.6 is 0 Å². The zero-order valence-electron chi connectivity index (χ0n) is 20.5. The number of rotatable bonds is 8. The van der Waals surface area contributed by atoms with Gasteiger partial charge in [-0.1, -0.05) is 0 Å². The molecule has 0 radical (unpaired) electrons. The van der Waals surface area contributed by atoms with Crippen LogP contribution in [-0.2, 0) is 33.2 Å². The number of nitrogens with one attached hydrogen (secondary N) is 1. The maximum Gasteiger partial charge on any atom is 0.217 e. The van der Waals surface area contributed by atoms with E-state index in [1.165, 1.54) is 21.0 Å². The number of aliphatic hydroxyl groups excluding tert-OH is 8. The first-order valence-electron chi connectivity index (χ1n) is 11.8. The zero-order chi connectivity index (χ0) is 27.6. The predicted octanol–water partition coefficient (Wildman–Crippen LogP) is -5.75. The number of methoxy groups -OCH3 is 1. The number of hydrogen-bond donors (Lipinski definition) is 9. The second-order valence-electron chi connectivity index (χ2n) is 9.27.